The van der Waals surface area contributed by atoms with Crippen LogP contribution in [0.4, 0.5) is 5.95 Å². The van der Waals surface area contributed by atoms with Crippen molar-refractivity contribution in [3.8, 4) is 22.9 Å². The SMILES string of the molecule is COc1ccc(-c2nc(NC(=O)c3cc(S(=O)(=O)NC(C)C)ccc3Cl)n[nH]2)c(OC)c1. The quantitative estimate of drug-likeness (QED) is 0.451. The highest BCUT2D eigenvalue weighted by atomic mass is 35.5. The Bertz CT molecular complexity index is 1240. The van der Waals surface area contributed by atoms with E-state index in [4.69, 9.17) is 21.1 Å². The summed E-state index contributed by atoms with van der Waals surface area (Å²) in [6.45, 7) is 3.39. The Balaban J connectivity index is 1.85. The molecule has 0 saturated carbocycles. The number of rotatable bonds is 8. The van der Waals surface area contributed by atoms with Gasteiger partial charge in [0.15, 0.2) is 5.82 Å². The molecule has 170 valence electrons. The zero-order valence-corrected chi connectivity index (χ0v) is 19.3. The van der Waals surface area contributed by atoms with E-state index in [1.54, 1.807) is 39.2 Å². The fourth-order valence-electron chi connectivity index (χ4n) is 2.83. The predicted molar refractivity (Wildman–Crippen MR) is 120 cm³/mol. The minimum absolute atomic E-state index is 0.0208. The van der Waals surface area contributed by atoms with Crippen molar-refractivity contribution in [2.45, 2.75) is 24.8 Å². The molecule has 0 fully saturated rings. The average molecular weight is 480 g/mol. The van der Waals surface area contributed by atoms with Crippen LogP contribution in [0.3, 0.4) is 0 Å². The number of hydrogen-bond donors (Lipinski definition) is 3. The van der Waals surface area contributed by atoms with Crippen LogP contribution >= 0.6 is 11.6 Å². The molecule has 2 aromatic carbocycles. The molecule has 0 atom stereocenters. The molecule has 3 aromatic rings. The van der Waals surface area contributed by atoms with Crippen LogP contribution in [0.1, 0.15) is 24.2 Å². The summed E-state index contributed by atoms with van der Waals surface area (Å²) in [6, 6.07) is 8.71. The number of ether oxygens (including phenoxy) is 2. The number of carbonyl (C=O) groups excluding carboxylic acids is 1. The molecular weight excluding hydrogens is 458 g/mol. The van der Waals surface area contributed by atoms with Gasteiger partial charge >= 0.3 is 0 Å². The standard InChI is InChI=1S/C20H22ClN5O5S/c1-11(2)26-32(28,29)13-6-8-16(21)15(10-13)19(27)23-20-22-18(24-25-20)14-7-5-12(30-3)9-17(14)31-4/h5-11,26H,1-4H3,(H2,22,23,24,25,27). The number of nitrogens with zero attached hydrogens (tertiary/aromatic N) is 2. The number of methoxy groups -OCH3 is 2. The van der Waals surface area contributed by atoms with Gasteiger partial charge in [0.05, 0.1) is 35.3 Å². The second-order valence-electron chi connectivity index (χ2n) is 6.95. The Morgan fingerprint density at radius 1 is 1.12 bits per heavy atom. The Hall–Kier alpha value is -3.15. The number of H-pyrrole nitrogens is 1. The third-order valence-electron chi connectivity index (χ3n) is 4.26. The summed E-state index contributed by atoms with van der Waals surface area (Å²) in [7, 11) is -0.750. The lowest BCUT2D eigenvalue weighted by molar-refractivity contribution is 0.102. The third kappa shape index (κ3) is 5.18. The molecule has 32 heavy (non-hydrogen) atoms. The first-order valence-corrected chi connectivity index (χ1v) is 11.3. The zero-order chi connectivity index (χ0) is 23.5. The lowest BCUT2D eigenvalue weighted by Gasteiger charge is -2.11. The van der Waals surface area contributed by atoms with Gasteiger partial charge in [-0.3, -0.25) is 15.2 Å². The van der Waals surface area contributed by atoms with Crippen LogP contribution in [-0.2, 0) is 10.0 Å². The van der Waals surface area contributed by atoms with Gasteiger partial charge in [0.1, 0.15) is 11.5 Å². The van der Waals surface area contributed by atoms with E-state index >= 15 is 0 Å². The van der Waals surface area contributed by atoms with Crippen molar-refractivity contribution in [1.82, 2.24) is 19.9 Å². The largest absolute Gasteiger partial charge is 0.497 e. The second-order valence-corrected chi connectivity index (χ2v) is 9.07. The van der Waals surface area contributed by atoms with E-state index in [1.165, 1.54) is 25.3 Å². The van der Waals surface area contributed by atoms with E-state index < -0.39 is 15.9 Å². The monoisotopic (exact) mass is 479 g/mol. The molecule has 0 unspecified atom stereocenters. The van der Waals surface area contributed by atoms with Crippen LogP contribution in [-0.4, -0.2) is 49.8 Å². The maximum absolute atomic E-state index is 12.7. The molecule has 12 heteroatoms. The maximum atomic E-state index is 12.7. The van der Waals surface area contributed by atoms with Crippen LogP contribution in [0.5, 0.6) is 11.5 Å². The molecule has 0 saturated heterocycles. The molecule has 1 aromatic heterocycles. The molecule has 0 bridgehead atoms. The molecule has 0 aliphatic rings. The van der Waals surface area contributed by atoms with Crippen molar-refractivity contribution < 1.29 is 22.7 Å². The van der Waals surface area contributed by atoms with Crippen molar-refractivity contribution in [3.05, 3.63) is 47.0 Å². The van der Waals surface area contributed by atoms with Crippen molar-refractivity contribution in [3.63, 3.8) is 0 Å². The van der Waals surface area contributed by atoms with Crippen molar-refractivity contribution in [1.29, 1.82) is 0 Å². The summed E-state index contributed by atoms with van der Waals surface area (Å²) < 4.78 is 37.8. The minimum atomic E-state index is -3.80. The Morgan fingerprint density at radius 2 is 1.88 bits per heavy atom. The molecule has 0 spiro atoms. The molecule has 3 rings (SSSR count). The van der Waals surface area contributed by atoms with E-state index in [9.17, 15) is 13.2 Å². The number of amides is 1. The summed E-state index contributed by atoms with van der Waals surface area (Å²) in [5.74, 6) is 0.770. The van der Waals surface area contributed by atoms with Crippen molar-refractivity contribution >= 4 is 33.5 Å². The normalized spacial score (nSPS) is 11.4. The van der Waals surface area contributed by atoms with Gasteiger partial charge in [-0.1, -0.05) is 11.6 Å². The molecular formula is C20H22ClN5O5S. The van der Waals surface area contributed by atoms with E-state index in [-0.39, 0.29) is 27.5 Å². The number of carbonyl (C=O) groups is 1. The number of hydrogen-bond acceptors (Lipinski definition) is 7. The fourth-order valence-corrected chi connectivity index (χ4v) is 4.31. The van der Waals surface area contributed by atoms with Gasteiger partial charge in [-0.15, -0.1) is 5.10 Å². The number of nitrogens with one attached hydrogen (secondary N) is 3. The van der Waals surface area contributed by atoms with E-state index in [0.29, 0.717) is 22.9 Å². The zero-order valence-electron chi connectivity index (χ0n) is 17.8. The summed E-state index contributed by atoms with van der Waals surface area (Å²) in [6.07, 6.45) is 0. The lowest BCUT2D eigenvalue weighted by atomic mass is 10.2. The highest BCUT2D eigenvalue weighted by molar-refractivity contribution is 7.89. The van der Waals surface area contributed by atoms with Crippen LogP contribution in [0, 0.1) is 0 Å². The predicted octanol–water partition coefficient (Wildman–Crippen LogP) is 3.08. The van der Waals surface area contributed by atoms with Crippen LogP contribution in [0.2, 0.25) is 5.02 Å². The minimum Gasteiger partial charge on any atom is -0.497 e. The molecule has 0 radical (unpaired) electrons. The number of halogens is 1. The molecule has 10 nitrogen and oxygen atoms in total. The average Bonchev–Trinajstić information content (AvgIpc) is 3.20. The highest BCUT2D eigenvalue weighted by Gasteiger charge is 2.21. The van der Waals surface area contributed by atoms with Crippen LogP contribution in [0.15, 0.2) is 41.3 Å². The van der Waals surface area contributed by atoms with E-state index in [2.05, 4.69) is 25.2 Å². The molecule has 1 heterocycles. The Labute approximate surface area is 190 Å². The summed E-state index contributed by atoms with van der Waals surface area (Å²) in [4.78, 5) is 16.9. The first kappa shape index (κ1) is 23.5. The number of anilines is 1. The summed E-state index contributed by atoms with van der Waals surface area (Å²) >= 11 is 6.13. The smallest absolute Gasteiger partial charge is 0.259 e. The van der Waals surface area contributed by atoms with Crippen LogP contribution < -0.4 is 19.5 Å². The Morgan fingerprint density at radius 3 is 2.53 bits per heavy atom. The molecule has 1 amide bonds. The third-order valence-corrected chi connectivity index (χ3v) is 6.24. The second kappa shape index (κ2) is 9.55. The molecule has 0 aliphatic heterocycles. The summed E-state index contributed by atoms with van der Waals surface area (Å²) in [5, 5.41) is 9.31. The molecule has 3 N–H and O–H groups in total. The number of sulfonamides is 1. The Kier molecular flexibility index (Phi) is 7.02. The van der Waals surface area contributed by atoms with Gasteiger partial charge in [0.2, 0.25) is 16.0 Å². The molecule has 0 aliphatic carbocycles. The maximum Gasteiger partial charge on any atom is 0.259 e. The number of aromatic nitrogens is 3. The van der Waals surface area contributed by atoms with Gasteiger partial charge < -0.3 is 9.47 Å². The highest BCUT2D eigenvalue weighted by Crippen LogP contribution is 2.31. The topological polar surface area (TPSA) is 135 Å². The van der Waals surface area contributed by atoms with Gasteiger partial charge in [-0.05, 0) is 44.2 Å². The van der Waals surface area contributed by atoms with Gasteiger partial charge in [-0.2, -0.15) is 4.98 Å². The van der Waals surface area contributed by atoms with Gasteiger partial charge in [-0.25, -0.2) is 13.1 Å². The van der Waals surface area contributed by atoms with Gasteiger partial charge in [0, 0.05) is 12.1 Å². The van der Waals surface area contributed by atoms with Crippen LogP contribution in [0.25, 0.3) is 11.4 Å². The lowest BCUT2D eigenvalue weighted by Crippen LogP contribution is -2.30. The first-order valence-electron chi connectivity index (χ1n) is 9.42. The van der Waals surface area contributed by atoms with E-state index in [0.717, 1.165) is 0 Å². The van der Waals surface area contributed by atoms with Crippen molar-refractivity contribution in [2.75, 3.05) is 19.5 Å². The van der Waals surface area contributed by atoms with E-state index in [1.807, 2.05) is 0 Å². The number of aromatic amines is 1. The number of benzene rings is 2. The van der Waals surface area contributed by atoms with Crippen molar-refractivity contribution in [2.24, 2.45) is 0 Å². The summed E-state index contributed by atoms with van der Waals surface area (Å²) in [5.41, 5.74) is 0.568. The van der Waals surface area contributed by atoms with Gasteiger partial charge in [0.25, 0.3) is 5.91 Å². The fraction of sp³-hybridized carbons (Fsp3) is 0.250. The first-order chi connectivity index (χ1) is 15.1.